The molecule has 0 spiro atoms. The normalized spacial score (nSPS) is 22.6. The Balaban J connectivity index is 2.26. The van der Waals surface area contributed by atoms with Crippen molar-refractivity contribution >= 4 is 12.3 Å². The van der Waals surface area contributed by atoms with Crippen LogP contribution in [-0.2, 0) is 18.9 Å². The first kappa shape index (κ1) is 17.6. The van der Waals surface area contributed by atoms with Gasteiger partial charge >= 0.3 is 12.3 Å². The summed E-state index contributed by atoms with van der Waals surface area (Å²) >= 11 is 0. The Morgan fingerprint density at radius 2 is 1.33 bits per heavy atom. The molecule has 0 heterocycles. The van der Waals surface area contributed by atoms with E-state index < -0.39 is 17.9 Å². The molecule has 1 rings (SSSR count). The lowest BCUT2D eigenvalue weighted by Crippen LogP contribution is -2.32. The van der Waals surface area contributed by atoms with Crippen molar-refractivity contribution < 1.29 is 28.5 Å². The Morgan fingerprint density at radius 3 is 1.71 bits per heavy atom. The zero-order valence-electron chi connectivity index (χ0n) is 13.5. The molecule has 1 saturated carbocycles. The van der Waals surface area contributed by atoms with Crippen molar-refractivity contribution in [1.29, 1.82) is 0 Å². The number of carbonyl (C=O) groups is 2. The van der Waals surface area contributed by atoms with Gasteiger partial charge in [-0.25, -0.2) is 9.59 Å². The fourth-order valence-electron chi connectivity index (χ4n) is 2.03. The van der Waals surface area contributed by atoms with E-state index in [1.807, 2.05) is 0 Å². The predicted molar refractivity (Wildman–Crippen MR) is 76.1 cm³/mol. The Bertz CT molecular complexity index is 350. The van der Waals surface area contributed by atoms with Gasteiger partial charge in [-0.2, -0.15) is 0 Å². The molecular weight excluding hydrogens is 276 g/mol. The van der Waals surface area contributed by atoms with Gasteiger partial charge in [-0.1, -0.05) is 0 Å². The summed E-state index contributed by atoms with van der Waals surface area (Å²) in [4.78, 5) is 22.9. The predicted octanol–water partition coefficient (Wildman–Crippen LogP) is 3.81. The van der Waals surface area contributed by atoms with E-state index in [1.54, 1.807) is 34.6 Å². The molecule has 122 valence electrons. The van der Waals surface area contributed by atoms with Crippen molar-refractivity contribution in [2.24, 2.45) is 0 Å². The molecule has 1 aliphatic rings. The summed E-state index contributed by atoms with van der Waals surface area (Å²) in [6.45, 7) is 8.91. The lowest BCUT2D eigenvalue weighted by Gasteiger charge is -2.28. The topological polar surface area (TPSA) is 71.1 Å². The van der Waals surface area contributed by atoms with E-state index in [0.29, 0.717) is 25.7 Å². The van der Waals surface area contributed by atoms with Crippen LogP contribution in [-0.4, -0.2) is 36.2 Å². The molecule has 0 aromatic heterocycles. The summed E-state index contributed by atoms with van der Waals surface area (Å²) in [6.07, 6.45) is 0.784. The molecule has 6 nitrogen and oxygen atoms in total. The SMILES string of the molecule is CC(C)OC(=O)OC1CCC(OC(=O)OC(C)(C)C)CC1. The Morgan fingerprint density at radius 1 is 0.905 bits per heavy atom. The number of rotatable bonds is 3. The van der Waals surface area contributed by atoms with Crippen LogP contribution in [0.25, 0.3) is 0 Å². The van der Waals surface area contributed by atoms with E-state index in [1.165, 1.54) is 0 Å². The second kappa shape index (κ2) is 7.52. The lowest BCUT2D eigenvalue weighted by atomic mass is 9.95. The van der Waals surface area contributed by atoms with Gasteiger partial charge in [0.2, 0.25) is 0 Å². The van der Waals surface area contributed by atoms with Crippen LogP contribution in [0.15, 0.2) is 0 Å². The summed E-state index contributed by atoms with van der Waals surface area (Å²) in [5.74, 6) is 0. The molecule has 0 unspecified atom stereocenters. The largest absolute Gasteiger partial charge is 0.509 e. The maximum Gasteiger partial charge on any atom is 0.509 e. The number of hydrogen-bond acceptors (Lipinski definition) is 6. The summed E-state index contributed by atoms with van der Waals surface area (Å²) in [5, 5.41) is 0. The first-order chi connectivity index (χ1) is 9.65. The molecule has 0 aromatic rings. The second-order valence-electron chi connectivity index (χ2n) is 6.52. The van der Waals surface area contributed by atoms with Crippen LogP contribution in [0.2, 0.25) is 0 Å². The van der Waals surface area contributed by atoms with E-state index in [0.717, 1.165) is 0 Å². The Kier molecular flexibility index (Phi) is 6.30. The molecular formula is C15H26O6. The maximum absolute atomic E-state index is 11.6. The fraction of sp³-hybridized carbons (Fsp3) is 0.867. The van der Waals surface area contributed by atoms with Crippen LogP contribution >= 0.6 is 0 Å². The number of hydrogen-bond donors (Lipinski definition) is 0. The standard InChI is InChI=1S/C15H26O6/c1-10(2)18-13(16)19-11-6-8-12(9-7-11)20-14(17)21-15(3,4)5/h10-12H,6-9H2,1-5H3. The van der Waals surface area contributed by atoms with Gasteiger partial charge in [0, 0.05) is 0 Å². The smallest absolute Gasteiger partial charge is 0.432 e. The van der Waals surface area contributed by atoms with Crippen LogP contribution in [0.1, 0.15) is 60.3 Å². The number of ether oxygens (including phenoxy) is 4. The van der Waals surface area contributed by atoms with Gasteiger partial charge in [0.25, 0.3) is 0 Å². The molecule has 21 heavy (non-hydrogen) atoms. The fourth-order valence-corrected chi connectivity index (χ4v) is 2.03. The van der Waals surface area contributed by atoms with E-state index >= 15 is 0 Å². The minimum absolute atomic E-state index is 0.172. The van der Waals surface area contributed by atoms with Gasteiger partial charge in [-0.15, -0.1) is 0 Å². The van der Waals surface area contributed by atoms with E-state index in [4.69, 9.17) is 18.9 Å². The highest BCUT2D eigenvalue weighted by molar-refractivity contribution is 5.61. The van der Waals surface area contributed by atoms with Crippen LogP contribution in [0.4, 0.5) is 9.59 Å². The third-order valence-corrected chi connectivity index (χ3v) is 2.87. The van der Waals surface area contributed by atoms with Crippen LogP contribution < -0.4 is 0 Å². The molecule has 0 amide bonds. The first-order valence-electron chi connectivity index (χ1n) is 7.42. The highest BCUT2D eigenvalue weighted by Crippen LogP contribution is 2.25. The maximum atomic E-state index is 11.6. The van der Waals surface area contributed by atoms with Gasteiger partial charge in [0.05, 0.1) is 6.10 Å². The molecule has 1 aliphatic carbocycles. The van der Waals surface area contributed by atoms with Crippen LogP contribution in [0, 0.1) is 0 Å². The zero-order chi connectivity index (χ0) is 16.0. The van der Waals surface area contributed by atoms with Crippen molar-refractivity contribution in [3.8, 4) is 0 Å². The molecule has 0 atom stereocenters. The summed E-state index contributed by atoms with van der Waals surface area (Å²) in [7, 11) is 0. The van der Waals surface area contributed by atoms with Gasteiger partial charge in [-0.3, -0.25) is 0 Å². The number of carbonyl (C=O) groups excluding carboxylic acids is 2. The van der Waals surface area contributed by atoms with Crippen LogP contribution in [0.5, 0.6) is 0 Å². The quantitative estimate of drug-likeness (QED) is 0.738. The van der Waals surface area contributed by atoms with Crippen molar-refractivity contribution in [3.05, 3.63) is 0 Å². The minimum Gasteiger partial charge on any atom is -0.432 e. The van der Waals surface area contributed by atoms with E-state index in [2.05, 4.69) is 0 Å². The van der Waals surface area contributed by atoms with E-state index in [-0.39, 0.29) is 18.3 Å². The summed E-state index contributed by atoms with van der Waals surface area (Å²) in [6, 6.07) is 0. The van der Waals surface area contributed by atoms with Crippen LogP contribution in [0.3, 0.4) is 0 Å². The Hall–Kier alpha value is -1.46. The molecule has 0 bridgehead atoms. The molecule has 1 fully saturated rings. The average molecular weight is 302 g/mol. The first-order valence-corrected chi connectivity index (χ1v) is 7.42. The van der Waals surface area contributed by atoms with E-state index in [9.17, 15) is 9.59 Å². The van der Waals surface area contributed by atoms with Gasteiger partial charge in [0.1, 0.15) is 17.8 Å². The second-order valence-corrected chi connectivity index (χ2v) is 6.52. The Labute approximate surface area is 126 Å². The molecule has 0 N–H and O–H groups in total. The van der Waals surface area contributed by atoms with Gasteiger partial charge in [-0.05, 0) is 60.3 Å². The van der Waals surface area contributed by atoms with Crippen molar-refractivity contribution in [2.45, 2.75) is 84.2 Å². The third-order valence-electron chi connectivity index (χ3n) is 2.87. The van der Waals surface area contributed by atoms with Gasteiger partial charge in [0.15, 0.2) is 0 Å². The monoisotopic (exact) mass is 302 g/mol. The van der Waals surface area contributed by atoms with Crippen molar-refractivity contribution in [1.82, 2.24) is 0 Å². The third kappa shape index (κ3) is 7.78. The highest BCUT2D eigenvalue weighted by Gasteiger charge is 2.28. The highest BCUT2D eigenvalue weighted by atomic mass is 16.7. The summed E-state index contributed by atoms with van der Waals surface area (Å²) < 4.78 is 20.5. The van der Waals surface area contributed by atoms with Crippen molar-refractivity contribution in [2.75, 3.05) is 0 Å². The molecule has 0 radical (unpaired) electrons. The molecule has 0 saturated heterocycles. The molecule has 0 aliphatic heterocycles. The van der Waals surface area contributed by atoms with Crippen molar-refractivity contribution in [3.63, 3.8) is 0 Å². The average Bonchev–Trinajstić information content (AvgIpc) is 2.27. The zero-order valence-corrected chi connectivity index (χ0v) is 13.5. The van der Waals surface area contributed by atoms with Gasteiger partial charge < -0.3 is 18.9 Å². The minimum atomic E-state index is -0.647. The summed E-state index contributed by atoms with van der Waals surface area (Å²) in [5.41, 5.74) is -0.558. The molecule has 6 heteroatoms. The molecule has 0 aromatic carbocycles. The lowest BCUT2D eigenvalue weighted by molar-refractivity contribution is -0.0516.